The molecule has 6 heteroatoms. The van der Waals surface area contributed by atoms with Gasteiger partial charge in [-0.1, -0.05) is 12.1 Å². The van der Waals surface area contributed by atoms with Crippen LogP contribution in [0.1, 0.15) is 6.42 Å². The maximum Gasteiger partial charge on any atom is 0.143 e. The van der Waals surface area contributed by atoms with E-state index in [1.165, 1.54) is 12.1 Å². The van der Waals surface area contributed by atoms with Crippen LogP contribution in [0, 0.1) is 5.82 Å². The number of nitrogens with zero attached hydrogens (tertiary/aromatic N) is 1. The molecule has 142 valence electrons. The number of nitrogens with one attached hydrogen (secondary N) is 1. The van der Waals surface area contributed by atoms with Crippen LogP contribution in [0.2, 0.25) is 0 Å². The zero-order chi connectivity index (χ0) is 18.6. The van der Waals surface area contributed by atoms with Gasteiger partial charge in [0.05, 0.1) is 5.52 Å². The molecule has 0 aliphatic carbocycles. The molecular formula is C21H23FN2O3. The predicted molar refractivity (Wildman–Crippen MR) is 102 cm³/mol. The summed E-state index contributed by atoms with van der Waals surface area (Å²) in [7, 11) is 0. The van der Waals surface area contributed by atoms with Crippen molar-refractivity contribution in [3.8, 4) is 11.5 Å². The average molecular weight is 370 g/mol. The molecule has 5 nitrogen and oxygen atoms in total. The number of fused-ring (bicyclic) bond motifs is 1. The lowest BCUT2D eigenvalue weighted by Crippen LogP contribution is -2.35. The minimum Gasteiger partial charge on any atom is -0.489 e. The summed E-state index contributed by atoms with van der Waals surface area (Å²) in [4.78, 5) is 5.32. The molecule has 2 heterocycles. The minimum absolute atomic E-state index is 0.0521. The number of aliphatic hydroxyl groups is 1. The third kappa shape index (κ3) is 4.40. The van der Waals surface area contributed by atoms with E-state index in [1.807, 2.05) is 30.5 Å². The number of aromatic nitrogens is 1. The average Bonchev–Trinajstić information content (AvgIpc) is 3.31. The Hall–Kier alpha value is -2.57. The van der Waals surface area contributed by atoms with Crippen LogP contribution in [0.5, 0.6) is 11.5 Å². The summed E-state index contributed by atoms with van der Waals surface area (Å²) in [5.41, 5.74) is 0.943. The van der Waals surface area contributed by atoms with Gasteiger partial charge in [0.25, 0.3) is 0 Å². The number of β-amino-alcohol motifs (C(OH)–C–C–N with tert-alkyl or cyclic N) is 1. The van der Waals surface area contributed by atoms with Crippen LogP contribution in [-0.4, -0.2) is 53.4 Å². The highest BCUT2D eigenvalue weighted by atomic mass is 19.1. The van der Waals surface area contributed by atoms with Gasteiger partial charge < -0.3 is 19.6 Å². The Bertz CT molecular complexity index is 881. The fourth-order valence-electron chi connectivity index (χ4n) is 3.48. The van der Waals surface area contributed by atoms with Gasteiger partial charge in [-0.3, -0.25) is 4.90 Å². The molecule has 1 saturated heterocycles. The van der Waals surface area contributed by atoms with Crippen LogP contribution in [0.15, 0.2) is 54.7 Å². The number of aliphatic hydroxyl groups excluding tert-OH is 1. The van der Waals surface area contributed by atoms with Crippen molar-refractivity contribution >= 4 is 10.9 Å². The lowest BCUT2D eigenvalue weighted by Gasteiger charge is -2.20. The summed E-state index contributed by atoms with van der Waals surface area (Å²) >= 11 is 0. The number of aromatic amines is 1. The molecule has 4 rings (SSSR count). The Labute approximate surface area is 157 Å². The third-order valence-electron chi connectivity index (χ3n) is 4.79. The second-order valence-corrected chi connectivity index (χ2v) is 6.90. The number of benzene rings is 2. The van der Waals surface area contributed by atoms with Gasteiger partial charge in [0, 0.05) is 31.2 Å². The van der Waals surface area contributed by atoms with Crippen LogP contribution in [0.25, 0.3) is 10.9 Å². The third-order valence-corrected chi connectivity index (χ3v) is 4.79. The van der Waals surface area contributed by atoms with E-state index in [9.17, 15) is 9.50 Å². The number of H-pyrrole nitrogens is 1. The number of likely N-dealkylation sites (tertiary alicyclic amines) is 1. The van der Waals surface area contributed by atoms with E-state index in [-0.39, 0.29) is 18.5 Å². The zero-order valence-corrected chi connectivity index (χ0v) is 15.0. The van der Waals surface area contributed by atoms with E-state index >= 15 is 0 Å². The van der Waals surface area contributed by atoms with Crippen LogP contribution in [0.4, 0.5) is 4.39 Å². The highest BCUT2D eigenvalue weighted by Crippen LogP contribution is 2.24. The van der Waals surface area contributed by atoms with E-state index in [0.717, 1.165) is 36.2 Å². The lowest BCUT2D eigenvalue weighted by atomic mass is 10.2. The molecule has 2 atom stereocenters. The highest BCUT2D eigenvalue weighted by molar-refractivity contribution is 5.85. The molecular weight excluding hydrogens is 347 g/mol. The van der Waals surface area contributed by atoms with Crippen molar-refractivity contribution in [3.63, 3.8) is 0 Å². The van der Waals surface area contributed by atoms with Gasteiger partial charge in [0.2, 0.25) is 0 Å². The van der Waals surface area contributed by atoms with E-state index in [4.69, 9.17) is 9.47 Å². The van der Waals surface area contributed by atoms with Gasteiger partial charge in [-0.15, -0.1) is 0 Å². The van der Waals surface area contributed by atoms with Crippen molar-refractivity contribution in [1.82, 2.24) is 9.88 Å². The molecule has 2 unspecified atom stereocenters. The van der Waals surface area contributed by atoms with Crippen LogP contribution in [0.3, 0.4) is 0 Å². The summed E-state index contributed by atoms with van der Waals surface area (Å²) in [5, 5.41) is 11.4. The zero-order valence-electron chi connectivity index (χ0n) is 15.0. The number of hydrogen-bond acceptors (Lipinski definition) is 4. The molecule has 0 amide bonds. The minimum atomic E-state index is -0.584. The second-order valence-electron chi connectivity index (χ2n) is 6.90. The first kappa shape index (κ1) is 17.8. The predicted octanol–water partition coefficient (Wildman–Crippen LogP) is 3.20. The van der Waals surface area contributed by atoms with Crippen LogP contribution < -0.4 is 9.47 Å². The van der Waals surface area contributed by atoms with Gasteiger partial charge in [-0.2, -0.15) is 0 Å². The maximum absolute atomic E-state index is 13.0. The molecule has 1 aliphatic rings. The molecule has 27 heavy (non-hydrogen) atoms. The van der Waals surface area contributed by atoms with Crippen molar-refractivity contribution < 1.29 is 19.0 Å². The number of hydrogen-bond donors (Lipinski definition) is 2. The van der Waals surface area contributed by atoms with E-state index in [0.29, 0.717) is 12.3 Å². The van der Waals surface area contributed by atoms with Crippen molar-refractivity contribution in [2.45, 2.75) is 18.6 Å². The Balaban J connectivity index is 1.24. The maximum atomic E-state index is 13.0. The fourth-order valence-corrected chi connectivity index (χ4v) is 3.48. The largest absolute Gasteiger partial charge is 0.489 e. The Morgan fingerprint density at radius 2 is 2.04 bits per heavy atom. The Morgan fingerprint density at radius 3 is 2.89 bits per heavy atom. The van der Waals surface area contributed by atoms with Gasteiger partial charge in [0.1, 0.15) is 36.1 Å². The van der Waals surface area contributed by atoms with E-state index in [2.05, 4.69) is 9.88 Å². The first-order valence-electron chi connectivity index (χ1n) is 9.19. The number of ether oxygens (including phenoxy) is 2. The fraction of sp³-hybridized carbons (Fsp3) is 0.333. The number of para-hydroxylation sites is 1. The van der Waals surface area contributed by atoms with Gasteiger partial charge in [-0.25, -0.2) is 4.39 Å². The summed E-state index contributed by atoms with van der Waals surface area (Å²) < 4.78 is 24.7. The summed E-state index contributed by atoms with van der Waals surface area (Å²) in [5.74, 6) is 1.15. The monoisotopic (exact) mass is 370 g/mol. The summed E-state index contributed by atoms with van der Waals surface area (Å²) in [6, 6.07) is 13.9. The van der Waals surface area contributed by atoms with Crippen LogP contribution in [-0.2, 0) is 0 Å². The molecule has 1 aliphatic heterocycles. The summed E-state index contributed by atoms with van der Waals surface area (Å²) in [6.07, 6.45) is 2.22. The van der Waals surface area contributed by atoms with Gasteiger partial charge in [-0.05, 0) is 42.8 Å². The first-order valence-corrected chi connectivity index (χ1v) is 9.19. The van der Waals surface area contributed by atoms with Crippen molar-refractivity contribution in [2.75, 3.05) is 26.2 Å². The topological polar surface area (TPSA) is 57.7 Å². The van der Waals surface area contributed by atoms with Crippen molar-refractivity contribution in [3.05, 3.63) is 60.5 Å². The van der Waals surface area contributed by atoms with E-state index < -0.39 is 6.10 Å². The number of rotatable bonds is 7. The first-order chi connectivity index (χ1) is 13.2. The summed E-state index contributed by atoms with van der Waals surface area (Å²) in [6.45, 7) is 2.36. The highest BCUT2D eigenvalue weighted by Gasteiger charge is 2.25. The molecule has 0 radical (unpaired) electrons. The normalized spacial score (nSPS) is 18.7. The molecule has 0 spiro atoms. The smallest absolute Gasteiger partial charge is 0.143 e. The van der Waals surface area contributed by atoms with Crippen molar-refractivity contribution in [1.29, 1.82) is 0 Å². The molecule has 2 N–H and O–H groups in total. The Morgan fingerprint density at radius 1 is 1.19 bits per heavy atom. The lowest BCUT2D eigenvalue weighted by molar-refractivity contribution is 0.0725. The second kappa shape index (κ2) is 7.98. The molecule has 1 aromatic heterocycles. The Kier molecular flexibility index (Phi) is 5.27. The SMILES string of the molecule is OC(COc1cccc2cc[nH]c12)CN1CCC(Oc2ccc(F)cc2)C1. The molecule has 2 aromatic carbocycles. The molecule has 3 aromatic rings. The standard InChI is InChI=1S/C21H23FN2O3/c22-16-4-6-18(7-5-16)27-19-9-11-24(13-19)12-17(25)14-26-20-3-1-2-15-8-10-23-21(15)20/h1-8,10,17,19,23,25H,9,11-14H2. The molecule has 1 fully saturated rings. The van der Waals surface area contributed by atoms with Crippen LogP contribution >= 0.6 is 0 Å². The number of halogens is 1. The van der Waals surface area contributed by atoms with E-state index in [1.54, 1.807) is 12.1 Å². The molecule has 0 saturated carbocycles. The quantitative estimate of drug-likeness (QED) is 0.671. The molecule has 0 bridgehead atoms. The van der Waals surface area contributed by atoms with Crippen molar-refractivity contribution in [2.24, 2.45) is 0 Å². The van der Waals surface area contributed by atoms with Gasteiger partial charge >= 0.3 is 0 Å². The van der Waals surface area contributed by atoms with Gasteiger partial charge in [0.15, 0.2) is 0 Å².